The Kier molecular flexibility index (Phi) is 7.99. The van der Waals surface area contributed by atoms with Crippen LogP contribution in [-0.2, 0) is 9.59 Å². The Balaban J connectivity index is 1.17. The quantitative estimate of drug-likeness (QED) is 0.630. The summed E-state index contributed by atoms with van der Waals surface area (Å²) >= 11 is 0. The zero-order chi connectivity index (χ0) is 24.9. The lowest BCUT2D eigenvalue weighted by molar-refractivity contribution is -0.133. The van der Waals surface area contributed by atoms with E-state index in [-0.39, 0.29) is 11.8 Å². The molecule has 6 nitrogen and oxygen atoms in total. The van der Waals surface area contributed by atoms with Crippen molar-refractivity contribution in [3.8, 4) is 0 Å². The molecule has 2 fully saturated rings. The summed E-state index contributed by atoms with van der Waals surface area (Å²) in [4.78, 5) is 34.2. The Morgan fingerprint density at radius 1 is 0.600 bits per heavy atom. The van der Waals surface area contributed by atoms with Crippen molar-refractivity contribution in [1.29, 1.82) is 0 Å². The molecular weight excluding hydrogens is 436 g/mol. The molecule has 2 saturated heterocycles. The molecule has 2 heterocycles. The van der Waals surface area contributed by atoms with Crippen LogP contribution in [0.4, 0.5) is 11.4 Å². The van der Waals surface area contributed by atoms with Crippen LogP contribution in [0, 0.1) is 27.7 Å². The van der Waals surface area contributed by atoms with Crippen molar-refractivity contribution in [2.75, 3.05) is 62.2 Å². The van der Waals surface area contributed by atoms with Crippen LogP contribution >= 0.6 is 0 Å². The minimum atomic E-state index is 0.179. The van der Waals surface area contributed by atoms with Crippen LogP contribution in [0.3, 0.4) is 0 Å². The second-order valence-corrected chi connectivity index (χ2v) is 10.0. The van der Waals surface area contributed by atoms with Gasteiger partial charge in [0.15, 0.2) is 0 Å². The van der Waals surface area contributed by atoms with Crippen LogP contribution in [0.2, 0.25) is 0 Å². The number of nitrogens with zero attached hydrogens (tertiary/aromatic N) is 4. The summed E-state index contributed by atoms with van der Waals surface area (Å²) in [5.74, 6) is 0.358. The minimum Gasteiger partial charge on any atom is -0.368 e. The molecule has 188 valence electrons. The van der Waals surface area contributed by atoms with E-state index < -0.39 is 0 Å². The highest BCUT2D eigenvalue weighted by Gasteiger charge is 2.24. The number of aryl methyl sites for hydroxylation is 2. The molecule has 0 atom stereocenters. The van der Waals surface area contributed by atoms with Crippen LogP contribution in [0.5, 0.6) is 0 Å². The van der Waals surface area contributed by atoms with Gasteiger partial charge in [-0.1, -0.05) is 24.3 Å². The van der Waals surface area contributed by atoms with Gasteiger partial charge in [0.1, 0.15) is 0 Å². The SMILES string of the molecule is Cc1cccc(N2CCN(C(=O)CCCC(=O)N3CCN(c4cccc(C)c4C)CC3)CC2)c1C. The van der Waals surface area contributed by atoms with Gasteiger partial charge in [-0.25, -0.2) is 0 Å². The summed E-state index contributed by atoms with van der Waals surface area (Å²) in [7, 11) is 0. The van der Waals surface area contributed by atoms with Crippen molar-refractivity contribution in [1.82, 2.24) is 9.80 Å². The van der Waals surface area contributed by atoms with E-state index in [0.717, 1.165) is 52.4 Å². The second-order valence-electron chi connectivity index (χ2n) is 10.0. The highest BCUT2D eigenvalue weighted by atomic mass is 16.2. The van der Waals surface area contributed by atoms with Gasteiger partial charge in [-0.15, -0.1) is 0 Å². The molecule has 0 unspecified atom stereocenters. The van der Waals surface area contributed by atoms with Gasteiger partial charge in [0.25, 0.3) is 0 Å². The van der Waals surface area contributed by atoms with Gasteiger partial charge in [0.2, 0.25) is 11.8 Å². The van der Waals surface area contributed by atoms with Crippen molar-refractivity contribution >= 4 is 23.2 Å². The topological polar surface area (TPSA) is 47.1 Å². The van der Waals surface area contributed by atoms with Crippen molar-refractivity contribution in [2.45, 2.75) is 47.0 Å². The van der Waals surface area contributed by atoms with E-state index in [1.807, 2.05) is 9.80 Å². The van der Waals surface area contributed by atoms with Crippen molar-refractivity contribution < 1.29 is 9.59 Å². The molecule has 2 aromatic rings. The average molecular weight is 477 g/mol. The Labute approximate surface area is 210 Å². The number of benzene rings is 2. The lowest BCUT2D eigenvalue weighted by atomic mass is 10.1. The number of hydrogen-bond donors (Lipinski definition) is 0. The highest BCUT2D eigenvalue weighted by molar-refractivity contribution is 5.79. The van der Waals surface area contributed by atoms with Gasteiger partial charge in [-0.2, -0.15) is 0 Å². The Bertz CT molecular complexity index is 967. The number of piperazine rings is 2. The van der Waals surface area contributed by atoms with Gasteiger partial charge < -0.3 is 19.6 Å². The summed E-state index contributed by atoms with van der Waals surface area (Å²) in [5, 5.41) is 0. The molecule has 0 saturated carbocycles. The Hall–Kier alpha value is -3.02. The summed E-state index contributed by atoms with van der Waals surface area (Å²) in [6, 6.07) is 12.8. The molecule has 0 aliphatic carbocycles. The summed E-state index contributed by atoms with van der Waals surface area (Å²) in [5.41, 5.74) is 7.80. The van der Waals surface area contributed by atoms with Crippen LogP contribution < -0.4 is 9.80 Å². The summed E-state index contributed by atoms with van der Waals surface area (Å²) in [6.07, 6.45) is 1.54. The Morgan fingerprint density at radius 2 is 0.971 bits per heavy atom. The number of rotatable bonds is 6. The van der Waals surface area contributed by atoms with E-state index in [9.17, 15) is 9.59 Å². The highest BCUT2D eigenvalue weighted by Crippen LogP contribution is 2.25. The molecule has 2 aromatic carbocycles. The van der Waals surface area contributed by atoms with Crippen LogP contribution in [0.25, 0.3) is 0 Å². The van der Waals surface area contributed by atoms with Gasteiger partial charge in [0.05, 0.1) is 0 Å². The lowest BCUT2D eigenvalue weighted by Crippen LogP contribution is -2.49. The molecule has 2 aliphatic heterocycles. The number of hydrogen-bond acceptors (Lipinski definition) is 4. The number of carbonyl (C=O) groups excluding carboxylic acids is 2. The first kappa shape index (κ1) is 25.1. The van der Waals surface area contributed by atoms with Gasteiger partial charge >= 0.3 is 0 Å². The van der Waals surface area contributed by atoms with Crippen molar-refractivity contribution in [2.24, 2.45) is 0 Å². The fourth-order valence-electron chi connectivity index (χ4n) is 5.26. The number of carbonyl (C=O) groups is 2. The minimum absolute atomic E-state index is 0.179. The second kappa shape index (κ2) is 11.1. The van der Waals surface area contributed by atoms with E-state index in [4.69, 9.17) is 0 Å². The zero-order valence-electron chi connectivity index (χ0n) is 21.8. The number of anilines is 2. The first-order valence-corrected chi connectivity index (χ1v) is 13.0. The molecule has 0 spiro atoms. The third-order valence-electron chi connectivity index (χ3n) is 7.88. The van der Waals surface area contributed by atoms with E-state index in [0.29, 0.717) is 19.3 Å². The number of amides is 2. The predicted octanol–water partition coefficient (Wildman–Crippen LogP) is 4.09. The zero-order valence-corrected chi connectivity index (χ0v) is 21.8. The molecule has 0 aromatic heterocycles. The van der Waals surface area contributed by atoms with Crippen molar-refractivity contribution in [3.63, 3.8) is 0 Å². The third kappa shape index (κ3) is 5.80. The van der Waals surface area contributed by atoms with E-state index in [2.05, 4.69) is 73.9 Å². The fourth-order valence-corrected chi connectivity index (χ4v) is 5.26. The molecule has 6 heteroatoms. The van der Waals surface area contributed by atoms with Crippen LogP contribution in [0.1, 0.15) is 41.5 Å². The summed E-state index contributed by atoms with van der Waals surface area (Å²) in [6.45, 7) is 15.1. The monoisotopic (exact) mass is 476 g/mol. The maximum absolute atomic E-state index is 12.8. The third-order valence-corrected chi connectivity index (χ3v) is 7.88. The Morgan fingerprint density at radius 3 is 1.34 bits per heavy atom. The standard InChI is InChI=1S/C29H40N4O2/c1-22-8-5-10-26(24(22)3)30-14-18-32(19-15-30)28(34)12-7-13-29(35)33-20-16-31(17-21-33)27-11-6-9-23(2)25(27)4/h5-6,8-11H,7,12-21H2,1-4H3. The van der Waals surface area contributed by atoms with E-state index in [1.54, 1.807) is 0 Å². The first-order valence-electron chi connectivity index (χ1n) is 13.0. The van der Waals surface area contributed by atoms with Crippen LogP contribution in [-0.4, -0.2) is 74.0 Å². The predicted molar refractivity (Wildman–Crippen MR) is 143 cm³/mol. The molecule has 0 bridgehead atoms. The molecule has 0 radical (unpaired) electrons. The van der Waals surface area contributed by atoms with Gasteiger partial charge in [-0.3, -0.25) is 9.59 Å². The fraction of sp³-hybridized carbons (Fsp3) is 0.517. The maximum atomic E-state index is 12.8. The largest absolute Gasteiger partial charge is 0.368 e. The molecule has 4 rings (SSSR count). The molecule has 2 aliphatic rings. The van der Waals surface area contributed by atoms with Crippen LogP contribution in [0.15, 0.2) is 36.4 Å². The van der Waals surface area contributed by atoms with Crippen molar-refractivity contribution in [3.05, 3.63) is 58.7 Å². The van der Waals surface area contributed by atoms with Gasteiger partial charge in [0, 0.05) is 76.6 Å². The normalized spacial score (nSPS) is 16.6. The first-order chi connectivity index (χ1) is 16.8. The van der Waals surface area contributed by atoms with E-state index in [1.165, 1.54) is 33.6 Å². The lowest BCUT2D eigenvalue weighted by Gasteiger charge is -2.37. The average Bonchev–Trinajstić information content (AvgIpc) is 2.87. The molecule has 0 N–H and O–H groups in total. The maximum Gasteiger partial charge on any atom is 0.222 e. The smallest absolute Gasteiger partial charge is 0.222 e. The van der Waals surface area contributed by atoms with Gasteiger partial charge in [-0.05, 0) is 68.5 Å². The molecular formula is C29H40N4O2. The molecule has 2 amide bonds. The molecule has 35 heavy (non-hydrogen) atoms. The van der Waals surface area contributed by atoms with E-state index >= 15 is 0 Å². The summed E-state index contributed by atoms with van der Waals surface area (Å²) < 4.78 is 0.